The maximum Gasteiger partial charge on any atom is 0.261 e. The molecule has 0 saturated carbocycles. The molecule has 3 aromatic rings. The second-order valence-electron chi connectivity index (χ2n) is 11.5. The van der Waals surface area contributed by atoms with Gasteiger partial charge in [-0.3, -0.25) is 0 Å². The number of anilines is 1. The van der Waals surface area contributed by atoms with Gasteiger partial charge in [-0.15, -0.1) is 0 Å². The number of morpholine rings is 1. The Morgan fingerprint density at radius 3 is 2.02 bits per heavy atom. The molecule has 3 aromatic carbocycles. The Morgan fingerprint density at radius 1 is 1.05 bits per heavy atom. The molecule has 0 aliphatic carbocycles. The molecule has 0 amide bonds. The lowest BCUT2D eigenvalue weighted by Crippen LogP contribution is -2.66. The second kappa shape index (κ2) is 12.5. The van der Waals surface area contributed by atoms with Crippen LogP contribution in [-0.2, 0) is 25.3 Å². The number of carbonyl (C=O) groups is 1. The van der Waals surface area contributed by atoms with Gasteiger partial charge in [0, 0.05) is 31.3 Å². The maximum atomic E-state index is 15.7. The van der Waals surface area contributed by atoms with Gasteiger partial charge in [0.1, 0.15) is 16.9 Å². The standard InChI is InChI=1S/C32H39ClFNO4Si/c1-22-18-35(19-23(2)39-22)31-24(17-27(28(20-36)37-6)30(34)29(31)33)21-38-40(32(3,4)5,25-13-9-7-10-14-25)26-15-11-8-12-16-26/h7-17,20,22-23,28H,18-19,21H2,1-6H3/t22-,23+,28?. The van der Waals surface area contributed by atoms with E-state index in [0.29, 0.717) is 30.6 Å². The Kier molecular flexibility index (Phi) is 9.53. The van der Waals surface area contributed by atoms with E-state index in [1.54, 1.807) is 6.07 Å². The number of aldehydes is 1. The topological polar surface area (TPSA) is 48.0 Å². The quantitative estimate of drug-likeness (QED) is 0.226. The average Bonchev–Trinajstić information content (AvgIpc) is 2.92. The predicted octanol–water partition coefficient (Wildman–Crippen LogP) is 6.06. The highest BCUT2D eigenvalue weighted by molar-refractivity contribution is 6.99. The van der Waals surface area contributed by atoms with Gasteiger partial charge in [-0.2, -0.15) is 0 Å². The first-order valence-corrected chi connectivity index (χ1v) is 16.0. The molecule has 0 spiro atoms. The molecular weight excluding hydrogens is 545 g/mol. The molecule has 1 heterocycles. The zero-order valence-electron chi connectivity index (χ0n) is 24.1. The van der Waals surface area contributed by atoms with Gasteiger partial charge >= 0.3 is 0 Å². The second-order valence-corrected chi connectivity index (χ2v) is 16.2. The monoisotopic (exact) mass is 583 g/mol. The Bertz CT molecular complexity index is 1250. The molecule has 1 saturated heterocycles. The van der Waals surface area contributed by atoms with Crippen LogP contribution >= 0.6 is 11.6 Å². The van der Waals surface area contributed by atoms with Crippen LogP contribution in [0.2, 0.25) is 10.1 Å². The van der Waals surface area contributed by atoms with Crippen LogP contribution in [0.25, 0.3) is 0 Å². The summed E-state index contributed by atoms with van der Waals surface area (Å²) in [5, 5.41) is 1.99. The van der Waals surface area contributed by atoms with Gasteiger partial charge in [0.2, 0.25) is 0 Å². The molecule has 4 rings (SSSR count). The van der Waals surface area contributed by atoms with E-state index in [9.17, 15) is 4.79 Å². The van der Waals surface area contributed by atoms with Crippen molar-refractivity contribution in [1.29, 1.82) is 0 Å². The van der Waals surface area contributed by atoms with Gasteiger partial charge in [0.05, 0.1) is 24.5 Å². The number of carbonyl (C=O) groups excluding carboxylic acids is 1. The van der Waals surface area contributed by atoms with E-state index < -0.39 is 20.2 Å². The first-order valence-electron chi connectivity index (χ1n) is 13.7. The minimum absolute atomic E-state index is 0.0382. The van der Waals surface area contributed by atoms with Crippen LogP contribution in [0.1, 0.15) is 51.8 Å². The molecule has 0 radical (unpaired) electrons. The molecule has 1 fully saturated rings. The number of rotatable bonds is 9. The molecule has 8 heteroatoms. The van der Waals surface area contributed by atoms with Crippen LogP contribution in [0.5, 0.6) is 0 Å². The van der Waals surface area contributed by atoms with Gasteiger partial charge in [-0.1, -0.05) is 93.0 Å². The largest absolute Gasteiger partial charge is 0.403 e. The Hall–Kier alpha value is -2.55. The summed E-state index contributed by atoms with van der Waals surface area (Å²) in [4.78, 5) is 13.9. The van der Waals surface area contributed by atoms with Crippen molar-refractivity contribution in [2.24, 2.45) is 0 Å². The fraction of sp³-hybridized carbons (Fsp3) is 0.406. The first-order chi connectivity index (χ1) is 19.0. The Labute approximate surface area is 243 Å². The van der Waals surface area contributed by atoms with E-state index in [0.717, 1.165) is 10.4 Å². The number of methoxy groups -OCH3 is 1. The summed E-state index contributed by atoms with van der Waals surface area (Å²) in [6, 6.07) is 22.4. The van der Waals surface area contributed by atoms with Crippen LogP contribution in [0, 0.1) is 5.82 Å². The third-order valence-corrected chi connectivity index (χ3v) is 12.9. The normalized spacial score (nSPS) is 18.9. The van der Waals surface area contributed by atoms with Gasteiger partial charge in [-0.05, 0) is 35.3 Å². The van der Waals surface area contributed by atoms with E-state index in [2.05, 4.69) is 49.9 Å². The fourth-order valence-corrected chi connectivity index (χ4v) is 10.8. The predicted molar refractivity (Wildman–Crippen MR) is 162 cm³/mol. The molecule has 0 N–H and O–H groups in total. The van der Waals surface area contributed by atoms with Gasteiger partial charge in [0.15, 0.2) is 6.29 Å². The van der Waals surface area contributed by atoms with Crippen molar-refractivity contribution in [3.8, 4) is 0 Å². The molecule has 214 valence electrons. The number of hydrogen-bond acceptors (Lipinski definition) is 5. The van der Waals surface area contributed by atoms with E-state index in [1.807, 2.05) is 50.2 Å². The average molecular weight is 584 g/mol. The Morgan fingerprint density at radius 2 is 1.57 bits per heavy atom. The highest BCUT2D eigenvalue weighted by Crippen LogP contribution is 2.41. The van der Waals surface area contributed by atoms with Crippen molar-refractivity contribution in [3.05, 3.63) is 88.7 Å². The number of hydrogen-bond donors (Lipinski definition) is 0. The molecule has 1 unspecified atom stereocenters. The fourth-order valence-electron chi connectivity index (χ4n) is 5.91. The first kappa shape index (κ1) is 30.4. The van der Waals surface area contributed by atoms with Gasteiger partial charge in [0.25, 0.3) is 8.32 Å². The summed E-state index contributed by atoms with van der Waals surface area (Å²) in [7, 11) is -1.53. The van der Waals surface area contributed by atoms with Crippen molar-refractivity contribution in [2.75, 3.05) is 25.1 Å². The molecule has 40 heavy (non-hydrogen) atoms. The van der Waals surface area contributed by atoms with Crippen LogP contribution < -0.4 is 15.3 Å². The molecule has 0 aromatic heterocycles. The van der Waals surface area contributed by atoms with Crippen LogP contribution in [0.4, 0.5) is 10.1 Å². The van der Waals surface area contributed by atoms with E-state index >= 15 is 4.39 Å². The van der Waals surface area contributed by atoms with Crippen molar-refractivity contribution < 1.29 is 23.1 Å². The van der Waals surface area contributed by atoms with E-state index in [1.165, 1.54) is 7.11 Å². The van der Waals surface area contributed by atoms with Crippen LogP contribution in [0.15, 0.2) is 66.7 Å². The van der Waals surface area contributed by atoms with Crippen LogP contribution in [-0.4, -0.2) is 47.0 Å². The molecule has 5 nitrogen and oxygen atoms in total. The zero-order chi connectivity index (χ0) is 29.1. The number of halogens is 2. The molecule has 0 bridgehead atoms. The minimum atomic E-state index is -2.90. The molecule has 3 atom stereocenters. The van der Waals surface area contributed by atoms with E-state index in [4.69, 9.17) is 25.5 Å². The number of ether oxygens (including phenoxy) is 2. The lowest BCUT2D eigenvalue weighted by Gasteiger charge is -2.43. The lowest BCUT2D eigenvalue weighted by atomic mass is 10.0. The van der Waals surface area contributed by atoms with Crippen molar-refractivity contribution >= 4 is 42.3 Å². The summed E-state index contributed by atoms with van der Waals surface area (Å²) in [5.74, 6) is -0.656. The summed E-state index contributed by atoms with van der Waals surface area (Å²) < 4.78 is 34.2. The number of benzene rings is 3. The molecule has 1 aliphatic heterocycles. The minimum Gasteiger partial charge on any atom is -0.403 e. The summed E-state index contributed by atoms with van der Waals surface area (Å²) in [6.07, 6.45) is -0.620. The number of nitrogens with zero attached hydrogens (tertiary/aromatic N) is 1. The maximum absolute atomic E-state index is 15.7. The third-order valence-electron chi connectivity index (χ3n) is 7.57. The summed E-state index contributed by atoms with van der Waals surface area (Å²) >= 11 is 6.79. The third kappa shape index (κ3) is 5.90. The van der Waals surface area contributed by atoms with E-state index in [-0.39, 0.29) is 34.4 Å². The summed E-state index contributed by atoms with van der Waals surface area (Å²) in [6.45, 7) is 11.9. The highest BCUT2D eigenvalue weighted by atomic mass is 35.5. The highest BCUT2D eigenvalue weighted by Gasteiger charge is 2.50. The van der Waals surface area contributed by atoms with Crippen molar-refractivity contribution in [3.63, 3.8) is 0 Å². The zero-order valence-corrected chi connectivity index (χ0v) is 25.9. The van der Waals surface area contributed by atoms with Crippen molar-refractivity contribution in [2.45, 2.75) is 64.6 Å². The van der Waals surface area contributed by atoms with Crippen molar-refractivity contribution in [1.82, 2.24) is 0 Å². The lowest BCUT2D eigenvalue weighted by molar-refractivity contribution is -0.116. The SMILES string of the molecule is COC(C=O)c1cc(CO[Si](c2ccccc2)(c2ccccc2)C(C)(C)C)c(N2C[C@@H](C)O[C@@H](C)C2)c(Cl)c1F. The van der Waals surface area contributed by atoms with Gasteiger partial charge < -0.3 is 23.6 Å². The summed E-state index contributed by atoms with van der Waals surface area (Å²) in [5.41, 5.74) is 1.38. The molecular formula is C32H39ClFNO4Si. The smallest absolute Gasteiger partial charge is 0.261 e. The van der Waals surface area contributed by atoms with Crippen LogP contribution in [0.3, 0.4) is 0 Å². The Balaban J connectivity index is 1.90. The molecule has 1 aliphatic rings. The van der Waals surface area contributed by atoms with Gasteiger partial charge in [-0.25, -0.2) is 4.39 Å².